The zero-order valence-electron chi connectivity index (χ0n) is 10.2. The Morgan fingerprint density at radius 1 is 1.32 bits per heavy atom. The lowest BCUT2D eigenvalue weighted by Crippen LogP contribution is -2.22. The van der Waals surface area contributed by atoms with Crippen LogP contribution in [0.2, 0.25) is 0 Å². The standard InChI is InChI=1S/C13H12N2O4/c1-8-6-11(19-15-8)12(16)14-7-9-2-4-10(5-3-9)13(17)18/h2-6H,7H2,1H3,(H,14,16)(H,17,18). The Kier molecular flexibility index (Phi) is 3.61. The first kappa shape index (κ1) is 12.8. The molecule has 98 valence electrons. The number of carboxylic acid groups (broad SMARTS) is 1. The van der Waals surface area contributed by atoms with Crippen LogP contribution in [0.25, 0.3) is 0 Å². The average Bonchev–Trinajstić information content (AvgIpc) is 2.83. The van der Waals surface area contributed by atoms with Crippen LogP contribution in [-0.4, -0.2) is 22.1 Å². The fraction of sp³-hybridized carbons (Fsp3) is 0.154. The van der Waals surface area contributed by atoms with Gasteiger partial charge in [0.1, 0.15) is 0 Å². The first-order valence-corrected chi connectivity index (χ1v) is 5.60. The molecular formula is C13H12N2O4. The number of nitrogens with zero attached hydrogens (tertiary/aromatic N) is 1. The molecule has 0 bridgehead atoms. The molecule has 0 saturated heterocycles. The van der Waals surface area contributed by atoms with Crippen molar-refractivity contribution in [2.45, 2.75) is 13.5 Å². The third-order valence-corrected chi connectivity index (χ3v) is 2.51. The summed E-state index contributed by atoms with van der Waals surface area (Å²) in [7, 11) is 0. The Morgan fingerprint density at radius 2 is 2.00 bits per heavy atom. The molecule has 1 amide bonds. The molecule has 0 radical (unpaired) electrons. The van der Waals surface area contributed by atoms with Crippen molar-refractivity contribution in [2.24, 2.45) is 0 Å². The highest BCUT2D eigenvalue weighted by Gasteiger charge is 2.11. The lowest BCUT2D eigenvalue weighted by atomic mass is 10.1. The molecule has 2 aromatic rings. The number of carboxylic acids is 1. The molecule has 6 nitrogen and oxygen atoms in total. The van der Waals surface area contributed by atoms with Crippen molar-refractivity contribution in [2.75, 3.05) is 0 Å². The fourth-order valence-corrected chi connectivity index (χ4v) is 1.51. The molecule has 2 rings (SSSR count). The quantitative estimate of drug-likeness (QED) is 0.871. The molecular weight excluding hydrogens is 248 g/mol. The Bertz CT molecular complexity index is 601. The predicted molar refractivity (Wildman–Crippen MR) is 65.8 cm³/mol. The van der Waals surface area contributed by atoms with E-state index in [9.17, 15) is 9.59 Å². The van der Waals surface area contributed by atoms with Crippen molar-refractivity contribution in [1.82, 2.24) is 10.5 Å². The largest absolute Gasteiger partial charge is 0.478 e. The van der Waals surface area contributed by atoms with E-state index in [0.29, 0.717) is 12.2 Å². The van der Waals surface area contributed by atoms with Gasteiger partial charge in [-0.1, -0.05) is 17.3 Å². The van der Waals surface area contributed by atoms with Crippen LogP contribution in [0.5, 0.6) is 0 Å². The number of hydrogen-bond donors (Lipinski definition) is 2. The fourth-order valence-electron chi connectivity index (χ4n) is 1.51. The number of nitrogens with one attached hydrogen (secondary N) is 1. The normalized spacial score (nSPS) is 10.2. The zero-order chi connectivity index (χ0) is 13.8. The van der Waals surface area contributed by atoms with Crippen LogP contribution in [-0.2, 0) is 6.54 Å². The molecule has 0 aliphatic heterocycles. The summed E-state index contributed by atoms with van der Waals surface area (Å²) in [5, 5.41) is 15.0. The van der Waals surface area contributed by atoms with Gasteiger partial charge in [-0.25, -0.2) is 4.79 Å². The van der Waals surface area contributed by atoms with Crippen molar-refractivity contribution in [3.63, 3.8) is 0 Å². The molecule has 0 aliphatic carbocycles. The summed E-state index contributed by atoms with van der Waals surface area (Å²) in [6.07, 6.45) is 0. The van der Waals surface area contributed by atoms with Crippen molar-refractivity contribution in [1.29, 1.82) is 0 Å². The van der Waals surface area contributed by atoms with Crippen molar-refractivity contribution in [3.05, 3.63) is 52.9 Å². The Hall–Kier alpha value is -2.63. The van der Waals surface area contributed by atoms with Gasteiger partial charge in [0, 0.05) is 12.6 Å². The van der Waals surface area contributed by atoms with E-state index in [4.69, 9.17) is 9.63 Å². The number of aromatic carboxylic acids is 1. The first-order chi connectivity index (χ1) is 9.06. The second-order valence-electron chi connectivity index (χ2n) is 4.02. The maximum absolute atomic E-state index is 11.7. The van der Waals surface area contributed by atoms with Crippen LogP contribution in [0.3, 0.4) is 0 Å². The van der Waals surface area contributed by atoms with Gasteiger partial charge in [-0.05, 0) is 24.6 Å². The van der Waals surface area contributed by atoms with Crippen LogP contribution < -0.4 is 5.32 Å². The van der Waals surface area contributed by atoms with E-state index in [1.165, 1.54) is 12.1 Å². The number of carbonyl (C=O) groups excluding carboxylic acids is 1. The van der Waals surface area contributed by atoms with Crippen LogP contribution in [0.15, 0.2) is 34.9 Å². The van der Waals surface area contributed by atoms with Crippen molar-refractivity contribution >= 4 is 11.9 Å². The topological polar surface area (TPSA) is 92.4 Å². The summed E-state index contributed by atoms with van der Waals surface area (Å²) in [5.41, 5.74) is 1.64. The van der Waals surface area contributed by atoms with E-state index in [-0.39, 0.29) is 17.2 Å². The lowest BCUT2D eigenvalue weighted by Gasteiger charge is -2.03. The van der Waals surface area contributed by atoms with E-state index in [2.05, 4.69) is 10.5 Å². The maximum Gasteiger partial charge on any atom is 0.335 e. The Labute approximate surface area is 109 Å². The monoisotopic (exact) mass is 260 g/mol. The molecule has 0 atom stereocenters. The van der Waals surface area contributed by atoms with Gasteiger partial charge in [0.15, 0.2) is 0 Å². The Morgan fingerprint density at radius 3 is 2.53 bits per heavy atom. The minimum Gasteiger partial charge on any atom is -0.478 e. The van der Waals surface area contributed by atoms with Crippen LogP contribution >= 0.6 is 0 Å². The number of aryl methyl sites for hydroxylation is 1. The zero-order valence-corrected chi connectivity index (χ0v) is 10.2. The molecule has 0 saturated carbocycles. The molecule has 6 heteroatoms. The summed E-state index contributed by atoms with van der Waals surface area (Å²) in [4.78, 5) is 22.3. The van der Waals surface area contributed by atoms with Gasteiger partial charge in [-0.2, -0.15) is 0 Å². The molecule has 0 spiro atoms. The van der Waals surface area contributed by atoms with Crippen LogP contribution in [0, 0.1) is 6.92 Å². The number of benzene rings is 1. The molecule has 1 heterocycles. The number of carbonyl (C=O) groups is 2. The minimum atomic E-state index is -0.979. The molecule has 0 fully saturated rings. The van der Waals surface area contributed by atoms with Gasteiger partial charge in [0.05, 0.1) is 11.3 Å². The molecule has 1 aromatic heterocycles. The van der Waals surface area contributed by atoms with Gasteiger partial charge < -0.3 is 14.9 Å². The second-order valence-corrected chi connectivity index (χ2v) is 4.02. The SMILES string of the molecule is Cc1cc(C(=O)NCc2ccc(C(=O)O)cc2)on1. The number of amides is 1. The predicted octanol–water partition coefficient (Wildman–Crippen LogP) is 1.61. The summed E-state index contributed by atoms with van der Waals surface area (Å²) in [6.45, 7) is 2.02. The molecule has 1 aromatic carbocycles. The second kappa shape index (κ2) is 5.34. The summed E-state index contributed by atoms with van der Waals surface area (Å²) >= 11 is 0. The number of hydrogen-bond acceptors (Lipinski definition) is 4. The highest BCUT2D eigenvalue weighted by molar-refractivity contribution is 5.91. The molecule has 0 aliphatic rings. The van der Waals surface area contributed by atoms with E-state index >= 15 is 0 Å². The van der Waals surface area contributed by atoms with Crippen LogP contribution in [0.4, 0.5) is 0 Å². The van der Waals surface area contributed by atoms with Gasteiger partial charge in [0.25, 0.3) is 5.91 Å². The third-order valence-electron chi connectivity index (χ3n) is 2.51. The third kappa shape index (κ3) is 3.19. The van der Waals surface area contributed by atoms with Gasteiger partial charge >= 0.3 is 5.97 Å². The van der Waals surface area contributed by atoms with E-state index in [0.717, 1.165) is 5.56 Å². The highest BCUT2D eigenvalue weighted by atomic mass is 16.5. The van der Waals surface area contributed by atoms with Crippen molar-refractivity contribution < 1.29 is 19.2 Å². The van der Waals surface area contributed by atoms with Crippen molar-refractivity contribution in [3.8, 4) is 0 Å². The first-order valence-electron chi connectivity index (χ1n) is 5.60. The molecule has 19 heavy (non-hydrogen) atoms. The number of rotatable bonds is 4. The highest BCUT2D eigenvalue weighted by Crippen LogP contribution is 2.06. The lowest BCUT2D eigenvalue weighted by molar-refractivity contribution is 0.0696. The van der Waals surface area contributed by atoms with Crippen LogP contribution in [0.1, 0.15) is 32.2 Å². The Balaban J connectivity index is 1.95. The van der Waals surface area contributed by atoms with Gasteiger partial charge in [-0.3, -0.25) is 4.79 Å². The van der Waals surface area contributed by atoms with E-state index in [1.807, 2.05) is 0 Å². The minimum absolute atomic E-state index is 0.152. The van der Waals surface area contributed by atoms with E-state index < -0.39 is 5.97 Å². The summed E-state index contributed by atoms with van der Waals surface area (Å²) in [5.74, 6) is -1.18. The maximum atomic E-state index is 11.7. The summed E-state index contributed by atoms with van der Waals surface area (Å²) in [6, 6.07) is 7.82. The summed E-state index contributed by atoms with van der Waals surface area (Å²) < 4.78 is 4.83. The molecule has 0 unspecified atom stereocenters. The van der Waals surface area contributed by atoms with Gasteiger partial charge in [-0.15, -0.1) is 0 Å². The number of aromatic nitrogens is 1. The van der Waals surface area contributed by atoms with Gasteiger partial charge in [0.2, 0.25) is 5.76 Å². The average molecular weight is 260 g/mol. The smallest absolute Gasteiger partial charge is 0.335 e. The molecule has 2 N–H and O–H groups in total. The van der Waals surface area contributed by atoms with E-state index in [1.54, 1.807) is 25.1 Å².